The third-order valence-electron chi connectivity index (χ3n) is 3.27. The fourth-order valence-corrected chi connectivity index (χ4v) is 2.01. The van der Waals surface area contributed by atoms with Crippen LogP contribution >= 0.6 is 0 Å². The highest BCUT2D eigenvalue weighted by atomic mass is 16.1. The monoisotopic (exact) mass is 310 g/mol. The molecule has 0 aliphatic heterocycles. The molecule has 0 bridgehead atoms. The minimum atomic E-state index is 0.0773. The van der Waals surface area contributed by atoms with E-state index in [4.69, 9.17) is 0 Å². The topological polar surface area (TPSA) is 56.7 Å². The second kappa shape index (κ2) is 14.4. The van der Waals surface area contributed by atoms with Crippen LogP contribution in [0.2, 0.25) is 0 Å². The second-order valence-electron chi connectivity index (χ2n) is 5.40. The molecule has 0 aromatic rings. The minimum absolute atomic E-state index is 0.0773. The number of carbonyl (C=O) groups is 1. The normalized spacial score (nSPS) is 11.1. The van der Waals surface area contributed by atoms with Crippen molar-refractivity contribution in [1.29, 1.82) is 0 Å². The van der Waals surface area contributed by atoms with E-state index >= 15 is 0 Å². The van der Waals surface area contributed by atoms with E-state index in [9.17, 15) is 4.79 Å². The van der Waals surface area contributed by atoms with Crippen LogP contribution in [-0.4, -0.2) is 50.0 Å². The van der Waals surface area contributed by atoms with E-state index in [2.05, 4.69) is 34.0 Å². The first-order valence-electron chi connectivity index (χ1n) is 8.52. The Labute approximate surface area is 136 Å². The minimum Gasteiger partial charge on any atom is -0.357 e. The van der Waals surface area contributed by atoms with E-state index < -0.39 is 0 Å². The van der Waals surface area contributed by atoms with Crippen LogP contribution < -0.4 is 10.6 Å². The average Bonchev–Trinajstić information content (AvgIpc) is 2.51. The van der Waals surface area contributed by atoms with Crippen LogP contribution in [0.1, 0.15) is 52.4 Å². The number of unbranched alkanes of at least 4 members (excludes halogenated alkanes) is 3. The molecule has 0 aromatic carbocycles. The van der Waals surface area contributed by atoms with Crippen molar-refractivity contribution in [2.75, 3.05) is 33.2 Å². The Balaban J connectivity index is 4.11. The number of aliphatic imine (C=N–C) groups is 1. The molecular weight excluding hydrogens is 276 g/mol. The lowest BCUT2D eigenvalue weighted by Crippen LogP contribution is -2.39. The third-order valence-corrected chi connectivity index (χ3v) is 3.27. The molecule has 22 heavy (non-hydrogen) atoms. The summed E-state index contributed by atoms with van der Waals surface area (Å²) in [5.41, 5.74) is 0. The number of nitrogens with zero attached hydrogens (tertiary/aromatic N) is 2. The molecule has 0 radical (unpaired) electrons. The van der Waals surface area contributed by atoms with Gasteiger partial charge in [-0.1, -0.05) is 19.4 Å². The number of amides is 1. The summed E-state index contributed by atoms with van der Waals surface area (Å²) in [7, 11) is 2.05. The molecule has 0 heterocycles. The Morgan fingerprint density at radius 2 is 2.00 bits per heavy atom. The van der Waals surface area contributed by atoms with Crippen LogP contribution in [0.25, 0.3) is 0 Å². The third kappa shape index (κ3) is 11.2. The van der Waals surface area contributed by atoms with E-state index in [0.717, 1.165) is 44.9 Å². The highest BCUT2D eigenvalue weighted by Gasteiger charge is 2.05. The first-order valence-corrected chi connectivity index (χ1v) is 8.52. The van der Waals surface area contributed by atoms with Crippen molar-refractivity contribution in [2.24, 2.45) is 4.99 Å². The molecule has 0 fully saturated rings. The SMILES string of the molecule is C=CCCCCCN(C)C(=NCCC(=O)NCCC)NCC. The number of hydrogen-bond donors (Lipinski definition) is 2. The summed E-state index contributed by atoms with van der Waals surface area (Å²) in [6.45, 7) is 10.9. The largest absolute Gasteiger partial charge is 0.357 e. The summed E-state index contributed by atoms with van der Waals surface area (Å²) < 4.78 is 0. The lowest BCUT2D eigenvalue weighted by molar-refractivity contribution is -0.120. The Kier molecular flexibility index (Phi) is 13.4. The Bertz CT molecular complexity index is 329. The van der Waals surface area contributed by atoms with Gasteiger partial charge in [0.2, 0.25) is 5.91 Å². The molecule has 2 N–H and O–H groups in total. The van der Waals surface area contributed by atoms with Crippen molar-refractivity contribution in [3.05, 3.63) is 12.7 Å². The Morgan fingerprint density at radius 3 is 2.64 bits per heavy atom. The van der Waals surface area contributed by atoms with E-state index in [1.54, 1.807) is 0 Å². The second-order valence-corrected chi connectivity index (χ2v) is 5.40. The van der Waals surface area contributed by atoms with Crippen molar-refractivity contribution < 1.29 is 4.79 Å². The first-order chi connectivity index (χ1) is 10.7. The molecule has 0 aliphatic carbocycles. The van der Waals surface area contributed by atoms with Gasteiger partial charge in [-0.05, 0) is 32.6 Å². The zero-order chi connectivity index (χ0) is 16.6. The average molecular weight is 310 g/mol. The van der Waals surface area contributed by atoms with Crippen molar-refractivity contribution in [1.82, 2.24) is 15.5 Å². The molecule has 128 valence electrons. The molecule has 0 atom stereocenters. The first kappa shape index (κ1) is 20.5. The van der Waals surface area contributed by atoms with Gasteiger partial charge in [-0.15, -0.1) is 6.58 Å². The van der Waals surface area contributed by atoms with Crippen LogP contribution in [0.15, 0.2) is 17.6 Å². The van der Waals surface area contributed by atoms with Crippen molar-refractivity contribution in [3.8, 4) is 0 Å². The number of nitrogens with one attached hydrogen (secondary N) is 2. The fourth-order valence-electron chi connectivity index (χ4n) is 2.01. The summed E-state index contributed by atoms with van der Waals surface area (Å²) >= 11 is 0. The number of carbonyl (C=O) groups excluding carboxylic acids is 1. The van der Waals surface area contributed by atoms with E-state index in [1.165, 1.54) is 12.8 Å². The van der Waals surface area contributed by atoms with Crippen LogP contribution in [-0.2, 0) is 4.79 Å². The van der Waals surface area contributed by atoms with Crippen LogP contribution in [0.4, 0.5) is 0 Å². The van der Waals surface area contributed by atoms with Gasteiger partial charge in [0.1, 0.15) is 0 Å². The summed E-state index contributed by atoms with van der Waals surface area (Å²) in [6, 6.07) is 0. The molecule has 5 heteroatoms. The van der Waals surface area contributed by atoms with Gasteiger partial charge in [0.15, 0.2) is 5.96 Å². The smallest absolute Gasteiger partial charge is 0.221 e. The molecule has 0 saturated heterocycles. The molecule has 0 unspecified atom stereocenters. The van der Waals surface area contributed by atoms with E-state index in [0.29, 0.717) is 13.0 Å². The summed E-state index contributed by atoms with van der Waals surface area (Å²) in [5, 5.41) is 6.15. The summed E-state index contributed by atoms with van der Waals surface area (Å²) in [4.78, 5) is 18.2. The zero-order valence-electron chi connectivity index (χ0n) is 14.7. The fraction of sp³-hybridized carbons (Fsp3) is 0.765. The van der Waals surface area contributed by atoms with Gasteiger partial charge in [-0.2, -0.15) is 0 Å². The summed E-state index contributed by atoms with van der Waals surface area (Å²) in [6.07, 6.45) is 8.02. The lowest BCUT2D eigenvalue weighted by Gasteiger charge is -2.22. The molecule has 0 rings (SSSR count). The Hall–Kier alpha value is -1.52. The van der Waals surface area contributed by atoms with Gasteiger partial charge in [0, 0.05) is 33.1 Å². The van der Waals surface area contributed by atoms with Gasteiger partial charge >= 0.3 is 0 Å². The standard InChI is InChI=1S/C17H34N4O/c1-5-8-9-10-11-15-21(4)17(18-7-3)20-14-12-16(22)19-13-6-2/h5H,1,6-15H2,2-4H3,(H,18,20)(H,19,22). The van der Waals surface area contributed by atoms with E-state index in [-0.39, 0.29) is 5.91 Å². The van der Waals surface area contributed by atoms with Gasteiger partial charge in [0.25, 0.3) is 0 Å². The number of rotatable bonds is 12. The molecule has 0 aromatic heterocycles. The van der Waals surface area contributed by atoms with E-state index in [1.807, 2.05) is 20.0 Å². The molecule has 0 aliphatic rings. The molecule has 0 saturated carbocycles. The van der Waals surface area contributed by atoms with Crippen LogP contribution in [0, 0.1) is 0 Å². The summed E-state index contributed by atoms with van der Waals surface area (Å²) in [5.74, 6) is 0.961. The van der Waals surface area contributed by atoms with Crippen molar-refractivity contribution in [3.63, 3.8) is 0 Å². The quantitative estimate of drug-likeness (QED) is 0.252. The Morgan fingerprint density at radius 1 is 1.23 bits per heavy atom. The van der Waals surface area contributed by atoms with Gasteiger partial charge in [-0.3, -0.25) is 9.79 Å². The molecular formula is C17H34N4O. The molecule has 5 nitrogen and oxygen atoms in total. The maximum Gasteiger partial charge on any atom is 0.221 e. The highest BCUT2D eigenvalue weighted by Crippen LogP contribution is 2.01. The predicted molar refractivity (Wildman–Crippen MR) is 95.2 cm³/mol. The zero-order valence-corrected chi connectivity index (χ0v) is 14.7. The van der Waals surface area contributed by atoms with Gasteiger partial charge < -0.3 is 15.5 Å². The number of hydrogen-bond acceptors (Lipinski definition) is 2. The maximum absolute atomic E-state index is 11.6. The predicted octanol–water partition coefficient (Wildman–Crippen LogP) is 2.55. The molecule has 1 amide bonds. The number of guanidine groups is 1. The van der Waals surface area contributed by atoms with Gasteiger partial charge in [0.05, 0.1) is 6.54 Å². The van der Waals surface area contributed by atoms with Crippen LogP contribution in [0.3, 0.4) is 0 Å². The maximum atomic E-state index is 11.6. The van der Waals surface area contributed by atoms with Crippen LogP contribution in [0.5, 0.6) is 0 Å². The molecule has 0 spiro atoms. The highest BCUT2D eigenvalue weighted by molar-refractivity contribution is 5.80. The number of allylic oxidation sites excluding steroid dienone is 1. The van der Waals surface area contributed by atoms with Crippen molar-refractivity contribution in [2.45, 2.75) is 52.4 Å². The lowest BCUT2D eigenvalue weighted by atomic mass is 10.2. The van der Waals surface area contributed by atoms with Crippen molar-refractivity contribution >= 4 is 11.9 Å². The van der Waals surface area contributed by atoms with Gasteiger partial charge in [-0.25, -0.2) is 0 Å².